The van der Waals surface area contributed by atoms with Crippen molar-refractivity contribution in [1.82, 2.24) is 10.2 Å². The summed E-state index contributed by atoms with van der Waals surface area (Å²) in [7, 11) is 1.69. The van der Waals surface area contributed by atoms with Crippen LogP contribution >= 0.6 is 0 Å². The molecule has 0 radical (unpaired) electrons. The fourth-order valence-electron chi connectivity index (χ4n) is 3.26. The summed E-state index contributed by atoms with van der Waals surface area (Å²) in [6.45, 7) is 6.73. The van der Waals surface area contributed by atoms with Crippen molar-refractivity contribution in [3.05, 3.63) is 29.8 Å². The zero-order chi connectivity index (χ0) is 17.5. The largest absolute Gasteiger partial charge is 0.496 e. The molecule has 1 saturated heterocycles. The fourth-order valence-corrected chi connectivity index (χ4v) is 3.26. The van der Waals surface area contributed by atoms with Gasteiger partial charge in [0.2, 0.25) is 5.91 Å². The fraction of sp³-hybridized carbons (Fsp3) is 0.632. The van der Waals surface area contributed by atoms with Crippen LogP contribution in [0.5, 0.6) is 5.75 Å². The summed E-state index contributed by atoms with van der Waals surface area (Å²) in [6.07, 6.45) is 3.30. The molecule has 3 N–H and O–H groups in total. The maximum absolute atomic E-state index is 12.4. The Morgan fingerprint density at radius 3 is 2.62 bits per heavy atom. The predicted octanol–water partition coefficient (Wildman–Crippen LogP) is 2.32. The number of nitrogens with two attached hydrogens (primary N) is 1. The van der Waals surface area contributed by atoms with Crippen LogP contribution in [0.15, 0.2) is 24.3 Å². The van der Waals surface area contributed by atoms with Crippen LogP contribution in [0.2, 0.25) is 0 Å². The molecule has 1 heterocycles. The number of rotatable bonds is 8. The van der Waals surface area contributed by atoms with Crippen LogP contribution < -0.4 is 15.8 Å². The van der Waals surface area contributed by atoms with Gasteiger partial charge < -0.3 is 15.8 Å². The molecule has 0 bridgehead atoms. The van der Waals surface area contributed by atoms with Gasteiger partial charge in [-0.1, -0.05) is 38.5 Å². The van der Waals surface area contributed by atoms with Gasteiger partial charge in [-0.3, -0.25) is 9.69 Å². The molecule has 134 valence electrons. The molecule has 0 aliphatic carbocycles. The van der Waals surface area contributed by atoms with Crippen molar-refractivity contribution in [2.45, 2.75) is 45.2 Å². The van der Waals surface area contributed by atoms with E-state index in [0.29, 0.717) is 6.54 Å². The Morgan fingerprint density at radius 1 is 1.33 bits per heavy atom. The average Bonchev–Trinajstić information content (AvgIpc) is 3.15. The number of ether oxygens (including phenoxy) is 1. The molecule has 0 aromatic heterocycles. The first kappa shape index (κ1) is 18.7. The maximum Gasteiger partial charge on any atom is 0.237 e. The molecular formula is C19H31N3O2. The summed E-state index contributed by atoms with van der Waals surface area (Å²) < 4.78 is 5.53. The number of hydrogen-bond acceptors (Lipinski definition) is 4. The van der Waals surface area contributed by atoms with Gasteiger partial charge in [0, 0.05) is 12.1 Å². The first-order chi connectivity index (χ1) is 11.6. The van der Waals surface area contributed by atoms with Gasteiger partial charge in [0.1, 0.15) is 5.75 Å². The van der Waals surface area contributed by atoms with Gasteiger partial charge in [0.05, 0.1) is 19.2 Å². The first-order valence-electron chi connectivity index (χ1n) is 8.98. The van der Waals surface area contributed by atoms with E-state index in [-0.39, 0.29) is 17.9 Å². The zero-order valence-corrected chi connectivity index (χ0v) is 15.1. The summed E-state index contributed by atoms with van der Waals surface area (Å²) in [5, 5.41) is 3.06. The molecule has 0 saturated carbocycles. The van der Waals surface area contributed by atoms with Gasteiger partial charge in [-0.15, -0.1) is 0 Å². The first-order valence-corrected chi connectivity index (χ1v) is 8.98. The van der Waals surface area contributed by atoms with Crippen LogP contribution in [-0.2, 0) is 4.79 Å². The van der Waals surface area contributed by atoms with Crippen molar-refractivity contribution >= 4 is 5.91 Å². The average molecular weight is 333 g/mol. The van der Waals surface area contributed by atoms with Crippen molar-refractivity contribution in [1.29, 1.82) is 0 Å². The van der Waals surface area contributed by atoms with E-state index in [4.69, 9.17) is 10.5 Å². The van der Waals surface area contributed by atoms with Crippen LogP contribution in [0.4, 0.5) is 0 Å². The highest BCUT2D eigenvalue weighted by Crippen LogP contribution is 2.31. The number of nitrogens with one attached hydrogen (secondary N) is 1. The molecule has 3 atom stereocenters. The van der Waals surface area contributed by atoms with Gasteiger partial charge in [-0.05, 0) is 37.9 Å². The number of carbonyl (C=O) groups excluding carboxylic acids is 1. The van der Waals surface area contributed by atoms with Gasteiger partial charge >= 0.3 is 0 Å². The van der Waals surface area contributed by atoms with Crippen molar-refractivity contribution in [3.63, 3.8) is 0 Å². The third-order valence-corrected chi connectivity index (χ3v) is 5.11. The van der Waals surface area contributed by atoms with Crippen LogP contribution in [0.1, 0.15) is 44.7 Å². The van der Waals surface area contributed by atoms with E-state index in [2.05, 4.69) is 23.2 Å². The second kappa shape index (κ2) is 9.04. The molecule has 0 spiro atoms. The summed E-state index contributed by atoms with van der Waals surface area (Å²) in [4.78, 5) is 14.8. The highest BCUT2D eigenvalue weighted by molar-refractivity contribution is 5.81. The Balaban J connectivity index is 2.11. The van der Waals surface area contributed by atoms with Crippen molar-refractivity contribution in [2.75, 3.05) is 26.7 Å². The van der Waals surface area contributed by atoms with Gasteiger partial charge in [0.25, 0.3) is 0 Å². The standard InChI is InChI=1S/C19H31N3O2/c1-4-14(2)18(20)19(23)21-13-16(22-11-7-8-12-22)15-9-5-6-10-17(15)24-3/h5-6,9-10,14,16,18H,4,7-8,11-13,20H2,1-3H3,(H,21,23). The number of para-hydroxylation sites is 1. The molecule has 1 aromatic carbocycles. The van der Waals surface area contributed by atoms with E-state index < -0.39 is 6.04 Å². The lowest BCUT2D eigenvalue weighted by molar-refractivity contribution is -0.123. The lowest BCUT2D eigenvalue weighted by atomic mass is 9.99. The molecule has 1 aliphatic rings. The highest BCUT2D eigenvalue weighted by atomic mass is 16.5. The van der Waals surface area contributed by atoms with E-state index in [1.807, 2.05) is 25.1 Å². The Morgan fingerprint density at radius 2 is 2.00 bits per heavy atom. The molecule has 1 amide bonds. The molecule has 1 aliphatic heterocycles. The lowest BCUT2D eigenvalue weighted by Gasteiger charge is -2.30. The molecule has 3 unspecified atom stereocenters. The molecule has 5 nitrogen and oxygen atoms in total. The number of methoxy groups -OCH3 is 1. The molecular weight excluding hydrogens is 302 g/mol. The Hall–Kier alpha value is -1.59. The number of amides is 1. The van der Waals surface area contributed by atoms with E-state index in [1.54, 1.807) is 7.11 Å². The number of hydrogen-bond donors (Lipinski definition) is 2. The highest BCUT2D eigenvalue weighted by Gasteiger charge is 2.27. The minimum atomic E-state index is -0.452. The second-order valence-corrected chi connectivity index (χ2v) is 6.66. The molecule has 1 fully saturated rings. The zero-order valence-electron chi connectivity index (χ0n) is 15.1. The third kappa shape index (κ3) is 4.48. The summed E-state index contributed by atoms with van der Waals surface area (Å²) in [5.74, 6) is 0.986. The minimum absolute atomic E-state index is 0.0663. The van der Waals surface area contributed by atoms with Crippen LogP contribution in [0, 0.1) is 5.92 Å². The Kier molecular flexibility index (Phi) is 7.06. The summed E-state index contributed by atoms with van der Waals surface area (Å²) in [6, 6.07) is 7.73. The lowest BCUT2D eigenvalue weighted by Crippen LogP contribution is -2.47. The van der Waals surface area contributed by atoms with Crippen LogP contribution in [0.3, 0.4) is 0 Å². The third-order valence-electron chi connectivity index (χ3n) is 5.11. The number of carbonyl (C=O) groups is 1. The maximum atomic E-state index is 12.4. The van der Waals surface area contributed by atoms with E-state index in [1.165, 1.54) is 12.8 Å². The van der Waals surface area contributed by atoms with Crippen molar-refractivity contribution in [2.24, 2.45) is 11.7 Å². The molecule has 1 aromatic rings. The number of likely N-dealkylation sites (tertiary alicyclic amines) is 1. The second-order valence-electron chi connectivity index (χ2n) is 6.66. The van der Waals surface area contributed by atoms with Gasteiger partial charge in [-0.25, -0.2) is 0 Å². The van der Waals surface area contributed by atoms with E-state index >= 15 is 0 Å². The Bertz CT molecular complexity index is 529. The monoisotopic (exact) mass is 333 g/mol. The summed E-state index contributed by atoms with van der Waals surface area (Å²) >= 11 is 0. The van der Waals surface area contributed by atoms with E-state index in [0.717, 1.165) is 30.8 Å². The van der Waals surface area contributed by atoms with Crippen molar-refractivity contribution < 1.29 is 9.53 Å². The van der Waals surface area contributed by atoms with Gasteiger partial charge in [0.15, 0.2) is 0 Å². The molecule has 24 heavy (non-hydrogen) atoms. The quantitative estimate of drug-likeness (QED) is 0.766. The molecule has 2 rings (SSSR count). The number of nitrogens with zero attached hydrogens (tertiary/aromatic N) is 1. The predicted molar refractivity (Wildman–Crippen MR) is 97.0 cm³/mol. The van der Waals surface area contributed by atoms with Gasteiger partial charge in [-0.2, -0.15) is 0 Å². The smallest absolute Gasteiger partial charge is 0.237 e. The SMILES string of the molecule is CCC(C)C(N)C(=O)NCC(c1ccccc1OC)N1CCCC1. The normalized spacial score (nSPS) is 18.8. The molecule has 5 heteroatoms. The topological polar surface area (TPSA) is 67.6 Å². The van der Waals surface area contributed by atoms with Crippen molar-refractivity contribution in [3.8, 4) is 5.75 Å². The van der Waals surface area contributed by atoms with Crippen LogP contribution in [-0.4, -0.2) is 43.6 Å². The number of benzene rings is 1. The van der Waals surface area contributed by atoms with Crippen LogP contribution in [0.25, 0.3) is 0 Å². The van der Waals surface area contributed by atoms with E-state index in [9.17, 15) is 4.79 Å². The minimum Gasteiger partial charge on any atom is -0.496 e. The summed E-state index contributed by atoms with van der Waals surface area (Å²) in [5.41, 5.74) is 7.18. The Labute approximate surface area is 145 Å².